The number of carboxylic acids is 1. The molecule has 0 aromatic heterocycles. The van der Waals surface area contributed by atoms with E-state index in [0.717, 1.165) is 54.5 Å². The second kappa shape index (κ2) is 12.1. The number of hydrogen-bond donors (Lipinski definition) is 1. The number of rotatable bonds is 5. The number of sulfonamides is 1. The minimum Gasteiger partial charge on any atom is -0.475 e. The van der Waals surface area contributed by atoms with Gasteiger partial charge < -0.3 is 19.6 Å². The van der Waals surface area contributed by atoms with Crippen molar-refractivity contribution in [1.82, 2.24) is 9.80 Å². The number of likely N-dealkylation sites (tertiary alicyclic amines) is 1. The molecule has 2 aliphatic heterocycles. The Bertz CT molecular complexity index is 1340. The fraction of sp³-hybridized carbons (Fsp3) is 0.440. The zero-order valence-corrected chi connectivity index (χ0v) is 22.6. The number of carboxylic acid groups (broad SMARTS) is 1. The fourth-order valence-electron chi connectivity index (χ4n) is 4.56. The van der Waals surface area contributed by atoms with Crippen LogP contribution in [-0.2, 0) is 19.6 Å². The number of alkyl halides is 6. The van der Waals surface area contributed by atoms with Crippen LogP contribution in [0.1, 0.15) is 24.3 Å². The summed E-state index contributed by atoms with van der Waals surface area (Å²) in [6.07, 6.45) is -8.26. The molecule has 1 fully saturated rings. The Morgan fingerprint density at radius 1 is 0.976 bits per heavy atom. The van der Waals surface area contributed by atoms with Crippen LogP contribution in [-0.4, -0.2) is 87.5 Å². The van der Waals surface area contributed by atoms with Gasteiger partial charge in [-0.15, -0.1) is 13.2 Å². The molecule has 0 bridgehead atoms. The molecule has 0 radical (unpaired) electrons. The molecule has 2 aromatic carbocycles. The third-order valence-corrected chi connectivity index (χ3v) is 8.49. The topological polar surface area (TPSA) is 107 Å². The lowest BCUT2D eigenvalue weighted by molar-refractivity contribution is -0.274. The molecule has 0 aliphatic carbocycles. The molecule has 1 saturated heterocycles. The smallest absolute Gasteiger partial charge is 0.475 e. The number of likely N-dealkylation sites (N-methyl/N-ethyl adjacent to an activating group) is 1. The molecule has 1 atom stereocenters. The molecule has 1 unspecified atom stereocenters. The van der Waals surface area contributed by atoms with Gasteiger partial charge in [-0.05, 0) is 68.9 Å². The summed E-state index contributed by atoms with van der Waals surface area (Å²) in [7, 11) is -0.319. The first-order valence-corrected chi connectivity index (χ1v) is 13.6. The molecule has 2 aliphatic rings. The summed E-state index contributed by atoms with van der Waals surface area (Å²) in [5.74, 6) is -4.08. The molecular weight excluding hydrogens is 584 g/mol. The highest BCUT2D eigenvalue weighted by atomic mass is 32.2. The van der Waals surface area contributed by atoms with Crippen LogP contribution >= 0.6 is 0 Å². The number of halogens is 6. The Balaban J connectivity index is 0.000000587. The minimum atomic E-state index is -5.08. The molecule has 1 amide bonds. The molecule has 0 saturated carbocycles. The fourth-order valence-corrected chi connectivity index (χ4v) is 6.06. The van der Waals surface area contributed by atoms with Gasteiger partial charge in [0, 0.05) is 13.1 Å². The highest BCUT2D eigenvalue weighted by Crippen LogP contribution is 2.41. The molecule has 4 rings (SSSR count). The molecule has 1 N–H and O–H groups in total. The second-order valence-electron chi connectivity index (χ2n) is 9.45. The van der Waals surface area contributed by atoms with Crippen LogP contribution in [0.4, 0.5) is 32.0 Å². The van der Waals surface area contributed by atoms with Crippen molar-refractivity contribution in [3.05, 3.63) is 54.1 Å². The number of aliphatic carboxylic acids is 1. The zero-order valence-electron chi connectivity index (χ0n) is 21.8. The molecule has 9 nitrogen and oxygen atoms in total. The predicted octanol–water partition coefficient (Wildman–Crippen LogP) is 4.06. The summed E-state index contributed by atoms with van der Waals surface area (Å²) >= 11 is 0. The number of fused-ring (bicyclic) bond motifs is 1. The molecule has 226 valence electrons. The van der Waals surface area contributed by atoms with Crippen molar-refractivity contribution in [3.63, 3.8) is 0 Å². The zero-order chi connectivity index (χ0) is 30.8. The third-order valence-electron chi connectivity index (χ3n) is 6.70. The van der Waals surface area contributed by atoms with E-state index in [2.05, 4.69) is 9.64 Å². The van der Waals surface area contributed by atoms with Crippen LogP contribution in [0, 0.1) is 0 Å². The summed E-state index contributed by atoms with van der Waals surface area (Å²) in [5.41, 5.74) is 1.01. The molecule has 16 heteroatoms. The van der Waals surface area contributed by atoms with E-state index in [1.165, 1.54) is 0 Å². The molecule has 41 heavy (non-hydrogen) atoms. The van der Waals surface area contributed by atoms with E-state index in [0.29, 0.717) is 11.3 Å². The summed E-state index contributed by atoms with van der Waals surface area (Å²) in [4.78, 5) is 26.1. The highest BCUT2D eigenvalue weighted by molar-refractivity contribution is 7.92. The Morgan fingerprint density at radius 2 is 1.51 bits per heavy atom. The normalized spacial score (nSPS) is 18.2. The minimum absolute atomic E-state index is 0.0712. The quantitative estimate of drug-likeness (QED) is 0.509. The van der Waals surface area contributed by atoms with Crippen molar-refractivity contribution in [2.45, 2.75) is 42.2 Å². The maximum atomic E-state index is 13.4. The number of ether oxygens (including phenoxy) is 1. The number of piperidine rings is 1. The summed E-state index contributed by atoms with van der Waals surface area (Å²) in [5, 5.41) is 7.12. The lowest BCUT2D eigenvalue weighted by Gasteiger charge is -2.36. The van der Waals surface area contributed by atoms with E-state index in [4.69, 9.17) is 9.90 Å². The van der Waals surface area contributed by atoms with Crippen molar-refractivity contribution in [2.75, 3.05) is 38.0 Å². The summed E-state index contributed by atoms with van der Waals surface area (Å²) in [6.45, 7) is 1.70. The van der Waals surface area contributed by atoms with Gasteiger partial charge in [-0.3, -0.25) is 9.10 Å². The SMILES string of the molecule is CN1CCC(N(C)C(=O)C2CN(S(=O)(=O)c3ccc(OC(F)(F)F)cc3)c3ccccc32)CC1.O=C(O)C(F)(F)F. The van der Waals surface area contributed by atoms with Gasteiger partial charge in [0.2, 0.25) is 5.91 Å². The number of nitrogens with zero attached hydrogens (tertiary/aromatic N) is 3. The number of para-hydroxylation sites is 1. The molecular formula is C25H27F6N3O6S. The van der Waals surface area contributed by atoms with Gasteiger partial charge in [-0.2, -0.15) is 13.2 Å². The van der Waals surface area contributed by atoms with E-state index >= 15 is 0 Å². The Hall–Kier alpha value is -3.53. The van der Waals surface area contributed by atoms with Crippen LogP contribution in [0.5, 0.6) is 5.75 Å². The monoisotopic (exact) mass is 611 g/mol. The number of hydrogen-bond acceptors (Lipinski definition) is 6. The number of benzene rings is 2. The van der Waals surface area contributed by atoms with Gasteiger partial charge in [-0.1, -0.05) is 18.2 Å². The molecule has 2 aromatic rings. The average Bonchev–Trinajstić information content (AvgIpc) is 3.28. The maximum Gasteiger partial charge on any atom is 0.573 e. The van der Waals surface area contributed by atoms with Crippen molar-refractivity contribution in [2.24, 2.45) is 0 Å². The second-order valence-corrected chi connectivity index (χ2v) is 11.3. The van der Waals surface area contributed by atoms with Gasteiger partial charge in [0.05, 0.1) is 23.0 Å². The van der Waals surface area contributed by atoms with E-state index in [9.17, 15) is 39.6 Å². The molecule has 2 heterocycles. The maximum absolute atomic E-state index is 13.4. The standard InChI is InChI=1S/C23H26F3N3O4S.C2HF3O2/c1-27-13-11-16(12-14-27)28(2)22(30)20-15-29(21-6-4-3-5-19(20)21)34(31,32)18-9-7-17(8-10-18)33-23(24,25)26;3-2(4,5)1(6)7/h3-10,16,20H,11-15H2,1-2H3;(H,6,7). The van der Waals surface area contributed by atoms with Crippen molar-refractivity contribution in [3.8, 4) is 5.75 Å². The lowest BCUT2D eigenvalue weighted by atomic mass is 9.97. The van der Waals surface area contributed by atoms with E-state index in [1.54, 1.807) is 36.2 Å². The van der Waals surface area contributed by atoms with Crippen LogP contribution in [0.2, 0.25) is 0 Å². The number of amides is 1. The Kier molecular flexibility index (Phi) is 9.47. The third kappa shape index (κ3) is 7.81. The van der Waals surface area contributed by atoms with Gasteiger partial charge >= 0.3 is 18.5 Å². The van der Waals surface area contributed by atoms with Crippen LogP contribution in [0.15, 0.2) is 53.4 Å². The van der Waals surface area contributed by atoms with Crippen LogP contribution in [0.25, 0.3) is 0 Å². The van der Waals surface area contributed by atoms with Crippen LogP contribution < -0.4 is 9.04 Å². The number of carbonyl (C=O) groups excluding carboxylic acids is 1. The van der Waals surface area contributed by atoms with Gasteiger partial charge in [0.25, 0.3) is 10.0 Å². The van der Waals surface area contributed by atoms with Gasteiger partial charge in [0.15, 0.2) is 0 Å². The molecule has 0 spiro atoms. The van der Waals surface area contributed by atoms with Crippen molar-refractivity contribution >= 4 is 27.6 Å². The van der Waals surface area contributed by atoms with Crippen molar-refractivity contribution in [1.29, 1.82) is 0 Å². The summed E-state index contributed by atoms with van der Waals surface area (Å²) < 4.78 is 101. The lowest BCUT2D eigenvalue weighted by Crippen LogP contribution is -2.46. The van der Waals surface area contributed by atoms with Gasteiger partial charge in [-0.25, -0.2) is 13.2 Å². The number of carbonyl (C=O) groups is 2. The Labute approximate surface area is 231 Å². The van der Waals surface area contributed by atoms with Crippen molar-refractivity contribution < 1.29 is 54.2 Å². The summed E-state index contributed by atoms with van der Waals surface area (Å²) in [6, 6.07) is 11.0. The predicted molar refractivity (Wildman–Crippen MR) is 134 cm³/mol. The van der Waals surface area contributed by atoms with E-state index in [1.807, 2.05) is 7.05 Å². The first kappa shape index (κ1) is 32.0. The van der Waals surface area contributed by atoms with E-state index in [-0.39, 0.29) is 23.4 Å². The first-order chi connectivity index (χ1) is 18.9. The van der Waals surface area contributed by atoms with Crippen LogP contribution in [0.3, 0.4) is 0 Å². The van der Waals surface area contributed by atoms with Gasteiger partial charge in [0.1, 0.15) is 5.75 Å². The number of anilines is 1. The average molecular weight is 612 g/mol. The largest absolute Gasteiger partial charge is 0.573 e. The first-order valence-electron chi connectivity index (χ1n) is 12.1. The highest BCUT2D eigenvalue weighted by Gasteiger charge is 2.42. The van der Waals surface area contributed by atoms with E-state index < -0.39 is 40.2 Å². The Morgan fingerprint density at radius 3 is 2.02 bits per heavy atom.